The van der Waals surface area contributed by atoms with Crippen LogP contribution in [0.15, 0.2) is 48.5 Å². The molecule has 2 fully saturated rings. The molecular weight excluding hydrogens is 550 g/mol. The van der Waals surface area contributed by atoms with Gasteiger partial charge in [0, 0.05) is 17.2 Å². The highest BCUT2D eigenvalue weighted by Crippen LogP contribution is 2.44. The molecule has 2 unspecified atom stereocenters. The van der Waals surface area contributed by atoms with Crippen molar-refractivity contribution in [2.24, 2.45) is 0 Å². The molecule has 2 aromatic heterocycles. The zero-order chi connectivity index (χ0) is 27.2. The van der Waals surface area contributed by atoms with Gasteiger partial charge in [0.05, 0.1) is 24.7 Å². The molecule has 0 spiro atoms. The average molecular weight is 580 g/mol. The highest BCUT2D eigenvalue weighted by Gasteiger charge is 2.30. The molecule has 10 heteroatoms. The van der Waals surface area contributed by atoms with Crippen LogP contribution in [0, 0.1) is 0 Å². The van der Waals surface area contributed by atoms with E-state index in [0.717, 1.165) is 78.7 Å². The Bertz CT molecular complexity index is 1540. The van der Waals surface area contributed by atoms with Crippen molar-refractivity contribution < 1.29 is 24.1 Å². The predicted octanol–water partition coefficient (Wildman–Crippen LogP) is 6.13. The van der Waals surface area contributed by atoms with E-state index in [1.165, 1.54) is 16.9 Å². The molecule has 40 heavy (non-hydrogen) atoms. The van der Waals surface area contributed by atoms with Crippen molar-refractivity contribution in [1.29, 1.82) is 0 Å². The lowest BCUT2D eigenvalue weighted by molar-refractivity contribution is -0.0592. The summed E-state index contributed by atoms with van der Waals surface area (Å²) >= 11 is 7.30. The van der Waals surface area contributed by atoms with Gasteiger partial charge >= 0.3 is 5.97 Å². The van der Waals surface area contributed by atoms with E-state index in [0.29, 0.717) is 29.0 Å². The summed E-state index contributed by atoms with van der Waals surface area (Å²) in [6, 6.07) is 15.7. The normalized spacial score (nSPS) is 21.4. The van der Waals surface area contributed by atoms with Crippen molar-refractivity contribution in [3.8, 4) is 11.5 Å². The summed E-state index contributed by atoms with van der Waals surface area (Å²) in [5.41, 5.74) is 3.17. The number of fused-ring (bicyclic) bond motifs is 2. The lowest BCUT2D eigenvalue weighted by Gasteiger charge is -2.35. The maximum atomic E-state index is 11.5. The number of hydrogen-bond donors (Lipinski definition) is 1. The molecule has 2 atom stereocenters. The first-order valence-electron chi connectivity index (χ1n) is 13.8. The molecule has 0 radical (unpaired) electrons. The van der Waals surface area contributed by atoms with Crippen LogP contribution in [-0.2, 0) is 17.8 Å². The number of aromatic carboxylic acids is 1. The van der Waals surface area contributed by atoms with E-state index < -0.39 is 5.97 Å². The smallest absolute Gasteiger partial charge is 0.346 e. The van der Waals surface area contributed by atoms with E-state index in [4.69, 9.17) is 30.8 Å². The number of carboxylic acid groups (broad SMARTS) is 1. The highest BCUT2D eigenvalue weighted by atomic mass is 35.5. The number of hydrogen-bond acceptors (Lipinski definition) is 7. The molecule has 5 heterocycles. The second-order valence-corrected chi connectivity index (χ2v) is 12.2. The number of ether oxygens (including phenoxy) is 3. The third kappa shape index (κ3) is 4.96. The number of carbonyl (C=O) groups is 1. The monoisotopic (exact) mass is 579 g/mol. The fourth-order valence-electron chi connectivity index (χ4n) is 5.92. The lowest BCUT2D eigenvalue weighted by atomic mass is 9.88. The molecule has 208 valence electrons. The minimum atomic E-state index is -0.906. The van der Waals surface area contributed by atoms with E-state index >= 15 is 0 Å². The van der Waals surface area contributed by atoms with Gasteiger partial charge in [-0.2, -0.15) is 0 Å². The maximum Gasteiger partial charge on any atom is 0.346 e. The van der Waals surface area contributed by atoms with Gasteiger partial charge in [-0.15, -0.1) is 11.3 Å². The summed E-state index contributed by atoms with van der Waals surface area (Å²) in [4.78, 5) is 19.9. The number of halogens is 1. The molecule has 3 aliphatic heterocycles. The summed E-state index contributed by atoms with van der Waals surface area (Å²) in [5.74, 6) is 2.14. The lowest BCUT2D eigenvalue weighted by Crippen LogP contribution is -2.35. The van der Waals surface area contributed by atoms with Crippen molar-refractivity contribution in [2.75, 3.05) is 26.3 Å². The van der Waals surface area contributed by atoms with Crippen LogP contribution in [0.2, 0.25) is 5.02 Å². The number of piperidine rings is 1. The summed E-state index contributed by atoms with van der Waals surface area (Å²) in [7, 11) is 0. The Labute approximate surface area is 241 Å². The number of thiophene rings is 1. The van der Waals surface area contributed by atoms with Gasteiger partial charge in [-0.3, -0.25) is 4.90 Å². The molecule has 2 saturated heterocycles. The first-order valence-corrected chi connectivity index (χ1v) is 15.0. The van der Waals surface area contributed by atoms with Gasteiger partial charge < -0.3 is 23.9 Å². The molecule has 7 rings (SSSR count). The van der Waals surface area contributed by atoms with Crippen molar-refractivity contribution in [3.63, 3.8) is 0 Å². The Morgan fingerprint density at radius 1 is 1.12 bits per heavy atom. The molecule has 1 N–H and O–H groups in total. The number of nitrogens with zero attached hydrogens (tertiary/aromatic N) is 3. The van der Waals surface area contributed by atoms with Gasteiger partial charge in [0.2, 0.25) is 0 Å². The number of rotatable bonds is 7. The number of para-hydroxylation sites is 1. The van der Waals surface area contributed by atoms with Crippen LogP contribution in [0.4, 0.5) is 0 Å². The maximum absolute atomic E-state index is 11.5. The quantitative estimate of drug-likeness (QED) is 0.282. The van der Waals surface area contributed by atoms with Gasteiger partial charge in [-0.05, 0) is 68.1 Å². The molecule has 3 aliphatic rings. The van der Waals surface area contributed by atoms with Crippen LogP contribution in [-0.4, -0.2) is 57.9 Å². The van der Waals surface area contributed by atoms with Crippen molar-refractivity contribution in [2.45, 2.75) is 50.5 Å². The molecule has 0 saturated carbocycles. The second-order valence-electron chi connectivity index (χ2n) is 10.7. The number of likely N-dealkylation sites (tertiary alicyclic amines) is 1. The minimum Gasteiger partial charge on any atom is -0.485 e. The first-order chi connectivity index (χ1) is 19.5. The van der Waals surface area contributed by atoms with Crippen LogP contribution in [0.5, 0.6) is 11.5 Å². The number of benzene rings is 2. The van der Waals surface area contributed by atoms with Crippen molar-refractivity contribution in [3.05, 3.63) is 75.4 Å². The number of imidazole rings is 1. The third-order valence-corrected chi connectivity index (χ3v) is 9.47. The molecule has 0 amide bonds. The van der Waals surface area contributed by atoms with E-state index in [9.17, 15) is 9.90 Å². The van der Waals surface area contributed by atoms with Crippen molar-refractivity contribution >= 4 is 39.3 Å². The van der Waals surface area contributed by atoms with Gasteiger partial charge in [0.15, 0.2) is 17.6 Å². The van der Waals surface area contributed by atoms with E-state index in [1.807, 2.05) is 30.3 Å². The second kappa shape index (κ2) is 10.7. The van der Waals surface area contributed by atoms with E-state index in [1.54, 1.807) is 6.07 Å². The third-order valence-electron chi connectivity index (χ3n) is 8.21. The van der Waals surface area contributed by atoms with E-state index in [2.05, 4.69) is 21.6 Å². The largest absolute Gasteiger partial charge is 0.485 e. The molecule has 0 aliphatic carbocycles. The molecular formula is C30H30ClN3O5S. The van der Waals surface area contributed by atoms with Gasteiger partial charge in [-0.1, -0.05) is 35.9 Å². The fraction of sp³-hybridized carbons (Fsp3) is 0.400. The van der Waals surface area contributed by atoms with Crippen LogP contribution < -0.4 is 9.47 Å². The summed E-state index contributed by atoms with van der Waals surface area (Å²) in [5, 5.41) is 10.2. The summed E-state index contributed by atoms with van der Waals surface area (Å²) in [6.45, 7) is 4.60. The van der Waals surface area contributed by atoms with Gasteiger partial charge in [0.25, 0.3) is 0 Å². The molecule has 8 nitrogen and oxygen atoms in total. The Hall–Kier alpha value is -3.11. The van der Waals surface area contributed by atoms with Crippen LogP contribution in [0.1, 0.15) is 57.9 Å². The fourth-order valence-corrected chi connectivity index (χ4v) is 6.93. The Kier molecular flexibility index (Phi) is 6.91. The Morgan fingerprint density at radius 2 is 1.93 bits per heavy atom. The molecule has 4 aromatic rings. The SMILES string of the molecule is O=C(O)c1cc2c(nc(CN3CCC(c4cccc5c4OCC(c4ccc(Cl)cc4)O5)CC3)n2CC2CCO2)s1. The topological polar surface area (TPSA) is 86.0 Å². The number of aromatic nitrogens is 2. The van der Waals surface area contributed by atoms with Crippen molar-refractivity contribution in [1.82, 2.24) is 14.5 Å². The number of carboxylic acids is 1. The summed E-state index contributed by atoms with van der Waals surface area (Å²) < 4.78 is 20.5. The minimum absolute atomic E-state index is 0.155. The first kappa shape index (κ1) is 25.8. The van der Waals surface area contributed by atoms with Gasteiger partial charge in [-0.25, -0.2) is 9.78 Å². The highest BCUT2D eigenvalue weighted by molar-refractivity contribution is 7.20. The van der Waals surface area contributed by atoms with Crippen LogP contribution >= 0.6 is 22.9 Å². The van der Waals surface area contributed by atoms with Crippen LogP contribution in [0.25, 0.3) is 10.3 Å². The van der Waals surface area contributed by atoms with Crippen LogP contribution in [0.3, 0.4) is 0 Å². The molecule has 0 bridgehead atoms. The summed E-state index contributed by atoms with van der Waals surface area (Å²) in [6.07, 6.45) is 3.07. The predicted molar refractivity (Wildman–Crippen MR) is 153 cm³/mol. The average Bonchev–Trinajstić information content (AvgIpc) is 3.49. The Morgan fingerprint density at radius 3 is 2.65 bits per heavy atom. The Balaban J connectivity index is 1.04. The van der Waals surface area contributed by atoms with Gasteiger partial charge in [0.1, 0.15) is 22.1 Å². The molecule has 2 aromatic carbocycles. The van der Waals surface area contributed by atoms with E-state index in [-0.39, 0.29) is 12.2 Å². The zero-order valence-electron chi connectivity index (χ0n) is 21.9. The zero-order valence-corrected chi connectivity index (χ0v) is 23.5. The standard InChI is InChI=1S/C30H30ClN3O5S/c31-20-6-4-19(5-7-20)25-17-38-28-22(2-1-3-24(28)39-25)18-8-11-33(12-9-18)16-27-32-29-23(14-26(40-29)30(35)36)34(27)15-21-10-13-37-21/h1-7,14,18,21,25H,8-13,15-17H2,(H,35,36).